The maximum Gasteiger partial charge on any atom is 0.191 e. The van der Waals surface area contributed by atoms with E-state index in [1.165, 1.54) is 16.7 Å². The molecule has 0 atom stereocenters. The zero-order valence-electron chi connectivity index (χ0n) is 16.3. The molecular weight excluding hydrogens is 326 g/mol. The van der Waals surface area contributed by atoms with E-state index in [-0.39, 0.29) is 0 Å². The van der Waals surface area contributed by atoms with Gasteiger partial charge in [0.05, 0.1) is 20.8 Å². The molecule has 2 rings (SSSR count). The van der Waals surface area contributed by atoms with E-state index < -0.39 is 0 Å². The Labute approximate surface area is 156 Å². The van der Waals surface area contributed by atoms with E-state index in [0.29, 0.717) is 12.3 Å². The highest BCUT2D eigenvalue weighted by atomic mass is 16.5. The van der Waals surface area contributed by atoms with Crippen molar-refractivity contribution in [2.45, 2.75) is 33.9 Å². The van der Waals surface area contributed by atoms with Gasteiger partial charge in [-0.15, -0.1) is 0 Å². The number of guanidine groups is 1. The molecule has 2 aromatic rings. The Kier molecular flexibility index (Phi) is 7.33. The van der Waals surface area contributed by atoms with Gasteiger partial charge in [-0.25, -0.2) is 4.99 Å². The maximum atomic E-state index is 5.48. The third kappa shape index (κ3) is 5.15. The molecule has 26 heavy (non-hydrogen) atoms. The highest BCUT2D eigenvalue weighted by Crippen LogP contribution is 2.31. The molecule has 2 aromatic carbocycles. The van der Waals surface area contributed by atoms with Gasteiger partial charge < -0.3 is 20.1 Å². The molecule has 5 nitrogen and oxygen atoms in total. The predicted molar refractivity (Wildman–Crippen MR) is 107 cm³/mol. The van der Waals surface area contributed by atoms with E-state index in [0.717, 1.165) is 30.4 Å². The number of aryl methyl sites for hydroxylation is 2. The Hall–Kier alpha value is -2.69. The van der Waals surface area contributed by atoms with Crippen LogP contribution in [0.2, 0.25) is 0 Å². The molecule has 0 saturated heterocycles. The number of aliphatic imine (C=N–C) groups is 1. The number of nitrogens with one attached hydrogen (secondary N) is 2. The van der Waals surface area contributed by atoms with Gasteiger partial charge in [-0.05, 0) is 38.0 Å². The van der Waals surface area contributed by atoms with Gasteiger partial charge in [0, 0.05) is 18.7 Å². The normalized spacial score (nSPS) is 11.2. The summed E-state index contributed by atoms with van der Waals surface area (Å²) in [6.07, 6.45) is 0. The summed E-state index contributed by atoms with van der Waals surface area (Å²) >= 11 is 0. The molecule has 0 radical (unpaired) electrons. The minimum atomic E-state index is 0.503. The molecule has 0 heterocycles. The van der Waals surface area contributed by atoms with E-state index in [4.69, 9.17) is 9.47 Å². The van der Waals surface area contributed by atoms with Crippen LogP contribution in [0.3, 0.4) is 0 Å². The van der Waals surface area contributed by atoms with Crippen molar-refractivity contribution in [3.63, 3.8) is 0 Å². The lowest BCUT2D eigenvalue weighted by Crippen LogP contribution is -2.37. The summed E-state index contributed by atoms with van der Waals surface area (Å²) < 4.78 is 10.8. The summed E-state index contributed by atoms with van der Waals surface area (Å²) in [7, 11) is 3.29. The van der Waals surface area contributed by atoms with Crippen molar-refractivity contribution >= 4 is 5.96 Å². The van der Waals surface area contributed by atoms with E-state index in [9.17, 15) is 0 Å². The van der Waals surface area contributed by atoms with Crippen LogP contribution in [0.4, 0.5) is 0 Å². The second-order valence-electron chi connectivity index (χ2n) is 6.13. The molecule has 0 aliphatic rings. The Bertz CT molecular complexity index is 757. The summed E-state index contributed by atoms with van der Waals surface area (Å²) in [5.41, 5.74) is 4.80. The fourth-order valence-electron chi connectivity index (χ4n) is 2.81. The van der Waals surface area contributed by atoms with Crippen LogP contribution in [0.25, 0.3) is 0 Å². The van der Waals surface area contributed by atoms with Gasteiger partial charge in [-0.1, -0.05) is 35.9 Å². The predicted octanol–water partition coefficient (Wildman–Crippen LogP) is 3.58. The van der Waals surface area contributed by atoms with Crippen molar-refractivity contribution in [3.05, 3.63) is 58.7 Å². The summed E-state index contributed by atoms with van der Waals surface area (Å²) in [6.45, 7) is 8.33. The van der Waals surface area contributed by atoms with Crippen LogP contribution < -0.4 is 20.1 Å². The number of para-hydroxylation sites is 1. The lowest BCUT2D eigenvalue weighted by Gasteiger charge is -2.14. The number of hydrogen-bond acceptors (Lipinski definition) is 3. The van der Waals surface area contributed by atoms with Crippen molar-refractivity contribution in [2.75, 3.05) is 20.8 Å². The van der Waals surface area contributed by atoms with Gasteiger partial charge in [0.25, 0.3) is 0 Å². The Morgan fingerprint density at radius 1 is 1.00 bits per heavy atom. The Morgan fingerprint density at radius 3 is 2.46 bits per heavy atom. The molecule has 0 unspecified atom stereocenters. The first-order valence-corrected chi connectivity index (χ1v) is 8.87. The smallest absolute Gasteiger partial charge is 0.191 e. The van der Waals surface area contributed by atoms with Crippen molar-refractivity contribution in [2.24, 2.45) is 4.99 Å². The first kappa shape index (κ1) is 19.6. The van der Waals surface area contributed by atoms with E-state index in [1.54, 1.807) is 14.2 Å². The average molecular weight is 355 g/mol. The summed E-state index contributed by atoms with van der Waals surface area (Å²) in [6, 6.07) is 12.3. The number of benzene rings is 2. The van der Waals surface area contributed by atoms with Crippen LogP contribution in [-0.4, -0.2) is 26.7 Å². The number of methoxy groups -OCH3 is 2. The van der Waals surface area contributed by atoms with Crippen LogP contribution in [0.5, 0.6) is 11.5 Å². The molecule has 0 bridgehead atoms. The first-order chi connectivity index (χ1) is 12.6. The van der Waals surface area contributed by atoms with Crippen LogP contribution in [0.15, 0.2) is 41.4 Å². The molecule has 0 amide bonds. The third-order valence-corrected chi connectivity index (χ3v) is 4.18. The monoisotopic (exact) mass is 355 g/mol. The number of rotatable bonds is 7. The highest BCUT2D eigenvalue weighted by molar-refractivity contribution is 5.79. The second-order valence-corrected chi connectivity index (χ2v) is 6.13. The minimum Gasteiger partial charge on any atom is -0.493 e. The van der Waals surface area contributed by atoms with Crippen LogP contribution in [0, 0.1) is 13.8 Å². The zero-order chi connectivity index (χ0) is 18.9. The molecule has 0 saturated carbocycles. The third-order valence-electron chi connectivity index (χ3n) is 4.18. The molecule has 5 heteroatoms. The molecule has 2 N–H and O–H groups in total. The summed E-state index contributed by atoms with van der Waals surface area (Å²) in [5.74, 6) is 2.22. The second kappa shape index (κ2) is 9.70. The standard InChI is InChI=1S/C21H29N3O2/c1-6-22-21(23-13-17-11-10-15(2)12-16(17)3)24-14-18-8-7-9-19(25-4)20(18)26-5/h7-12H,6,13-14H2,1-5H3,(H2,22,23,24). The molecular formula is C21H29N3O2. The van der Waals surface area contributed by atoms with E-state index in [2.05, 4.69) is 54.6 Å². The van der Waals surface area contributed by atoms with Gasteiger partial charge >= 0.3 is 0 Å². The highest BCUT2D eigenvalue weighted by Gasteiger charge is 2.09. The molecule has 0 aromatic heterocycles. The number of nitrogens with zero attached hydrogens (tertiary/aromatic N) is 1. The van der Waals surface area contributed by atoms with Gasteiger partial charge in [-0.3, -0.25) is 0 Å². The largest absolute Gasteiger partial charge is 0.493 e. The number of ether oxygens (including phenoxy) is 2. The van der Waals surface area contributed by atoms with Crippen LogP contribution in [-0.2, 0) is 13.1 Å². The fourth-order valence-corrected chi connectivity index (χ4v) is 2.81. The Balaban J connectivity index is 2.11. The summed E-state index contributed by atoms with van der Waals surface area (Å²) in [5, 5.41) is 6.69. The maximum absolute atomic E-state index is 5.48. The van der Waals surface area contributed by atoms with Crippen molar-refractivity contribution in [1.29, 1.82) is 0 Å². The SMILES string of the molecule is CCNC(=NCc1cccc(OC)c1OC)NCc1ccc(C)cc1C. The molecule has 0 fully saturated rings. The van der Waals surface area contributed by atoms with Crippen molar-refractivity contribution < 1.29 is 9.47 Å². The molecule has 0 spiro atoms. The van der Waals surface area contributed by atoms with Gasteiger partial charge in [-0.2, -0.15) is 0 Å². The minimum absolute atomic E-state index is 0.503. The van der Waals surface area contributed by atoms with E-state index in [1.807, 2.05) is 18.2 Å². The first-order valence-electron chi connectivity index (χ1n) is 8.87. The fraction of sp³-hybridized carbons (Fsp3) is 0.381. The van der Waals surface area contributed by atoms with Gasteiger partial charge in [0.1, 0.15) is 0 Å². The topological polar surface area (TPSA) is 54.9 Å². The van der Waals surface area contributed by atoms with Crippen LogP contribution in [0.1, 0.15) is 29.2 Å². The Morgan fingerprint density at radius 2 is 1.81 bits per heavy atom. The number of hydrogen-bond donors (Lipinski definition) is 2. The zero-order valence-corrected chi connectivity index (χ0v) is 16.3. The van der Waals surface area contributed by atoms with Gasteiger partial charge in [0.2, 0.25) is 0 Å². The quantitative estimate of drug-likeness (QED) is 0.589. The lowest BCUT2D eigenvalue weighted by atomic mass is 10.1. The average Bonchev–Trinajstić information content (AvgIpc) is 2.64. The summed E-state index contributed by atoms with van der Waals surface area (Å²) in [4.78, 5) is 4.69. The van der Waals surface area contributed by atoms with Gasteiger partial charge in [0.15, 0.2) is 17.5 Å². The van der Waals surface area contributed by atoms with Crippen molar-refractivity contribution in [3.8, 4) is 11.5 Å². The molecule has 140 valence electrons. The van der Waals surface area contributed by atoms with E-state index >= 15 is 0 Å². The lowest BCUT2D eigenvalue weighted by molar-refractivity contribution is 0.352. The molecule has 0 aliphatic heterocycles. The van der Waals surface area contributed by atoms with Crippen LogP contribution >= 0.6 is 0 Å². The molecule has 0 aliphatic carbocycles. The van der Waals surface area contributed by atoms with Crippen molar-refractivity contribution in [1.82, 2.24) is 10.6 Å².